The SMILES string of the molecule is CC(CN(CCCO[N+](=O)[O-])[N+](=O)[O-])([N+](=O)[O-])[N+](=O)[O-]. The van der Waals surface area contributed by atoms with Gasteiger partial charge in [-0.2, -0.15) is 0 Å². The van der Waals surface area contributed by atoms with E-state index in [0.29, 0.717) is 6.92 Å². The average Bonchev–Trinajstić information content (AvgIpc) is 2.31. The number of hydrogen-bond acceptors (Lipinski definition) is 9. The van der Waals surface area contributed by atoms with E-state index in [4.69, 9.17) is 0 Å². The third-order valence-corrected chi connectivity index (χ3v) is 2.26. The van der Waals surface area contributed by atoms with Crippen LogP contribution >= 0.6 is 0 Å². The highest BCUT2D eigenvalue weighted by molar-refractivity contribution is 4.63. The second kappa shape index (κ2) is 6.95. The lowest BCUT2D eigenvalue weighted by Gasteiger charge is -2.18. The molecule has 0 radical (unpaired) electrons. The van der Waals surface area contributed by atoms with Gasteiger partial charge in [-0.25, -0.2) is 10.1 Å². The first-order chi connectivity index (χ1) is 9.11. The largest absolute Gasteiger partial charge is 0.478 e. The highest BCUT2D eigenvalue weighted by Crippen LogP contribution is 2.13. The van der Waals surface area contributed by atoms with Crippen LogP contribution in [0.1, 0.15) is 13.3 Å². The van der Waals surface area contributed by atoms with E-state index in [0.717, 1.165) is 0 Å². The van der Waals surface area contributed by atoms with Gasteiger partial charge < -0.3 is 4.84 Å². The molecule has 0 aliphatic heterocycles. The fourth-order valence-corrected chi connectivity index (χ4v) is 1.13. The van der Waals surface area contributed by atoms with E-state index in [9.17, 15) is 40.5 Å². The second-order valence-corrected chi connectivity index (χ2v) is 3.77. The van der Waals surface area contributed by atoms with Gasteiger partial charge in [0, 0.05) is 0 Å². The maximum absolute atomic E-state index is 10.7. The van der Waals surface area contributed by atoms with Gasteiger partial charge in [0.25, 0.3) is 5.09 Å². The molecule has 0 atom stereocenters. The molecule has 0 saturated heterocycles. The molecule has 114 valence electrons. The summed E-state index contributed by atoms with van der Waals surface area (Å²) in [4.78, 5) is 43.2. The van der Waals surface area contributed by atoms with Crippen LogP contribution in [0.3, 0.4) is 0 Å². The molecule has 0 unspecified atom stereocenters. The van der Waals surface area contributed by atoms with E-state index >= 15 is 0 Å². The fraction of sp³-hybridized carbons (Fsp3) is 1.00. The third kappa shape index (κ3) is 4.83. The number of hydrazine groups is 1. The van der Waals surface area contributed by atoms with Gasteiger partial charge in [0.2, 0.25) is 6.54 Å². The van der Waals surface area contributed by atoms with E-state index in [2.05, 4.69) is 4.84 Å². The molecule has 0 heterocycles. The normalized spacial score (nSPS) is 10.7. The minimum atomic E-state index is -2.75. The molecule has 0 aromatic heterocycles. The van der Waals surface area contributed by atoms with Crippen LogP contribution in [-0.2, 0) is 4.84 Å². The van der Waals surface area contributed by atoms with Gasteiger partial charge in [-0.05, 0) is 6.42 Å². The Morgan fingerprint density at radius 3 is 1.90 bits per heavy atom. The number of hydrogen-bond donors (Lipinski definition) is 0. The zero-order valence-electron chi connectivity index (χ0n) is 10.2. The highest BCUT2D eigenvalue weighted by Gasteiger charge is 2.54. The van der Waals surface area contributed by atoms with Crippen LogP contribution < -0.4 is 0 Å². The first-order valence-electron chi connectivity index (χ1n) is 5.07. The number of rotatable bonds is 10. The van der Waals surface area contributed by atoms with Crippen molar-refractivity contribution < 1.29 is 24.8 Å². The summed E-state index contributed by atoms with van der Waals surface area (Å²) in [6, 6.07) is 0. The summed E-state index contributed by atoms with van der Waals surface area (Å²) in [5.74, 6) is 0. The van der Waals surface area contributed by atoms with Gasteiger partial charge in [-0.3, -0.25) is 20.2 Å². The van der Waals surface area contributed by atoms with Crippen molar-refractivity contribution in [3.05, 3.63) is 40.5 Å². The Labute approximate surface area is 110 Å². The zero-order valence-corrected chi connectivity index (χ0v) is 10.2. The van der Waals surface area contributed by atoms with Gasteiger partial charge in [0.1, 0.15) is 9.85 Å². The lowest BCUT2D eigenvalue weighted by Crippen LogP contribution is -2.54. The Morgan fingerprint density at radius 1 is 1.05 bits per heavy atom. The standard InChI is InChI=1S/C6H11N5O9/c1-6(8(12)13,9(14)15)5-7(10(16)17)3-2-4-20-11(18)19/h2-5H2,1H3. The molecule has 0 bridgehead atoms. The summed E-state index contributed by atoms with van der Waals surface area (Å²) >= 11 is 0. The molecular formula is C6H11N5O9. The van der Waals surface area contributed by atoms with Gasteiger partial charge in [-0.15, -0.1) is 15.1 Å². The van der Waals surface area contributed by atoms with Gasteiger partial charge >= 0.3 is 5.66 Å². The van der Waals surface area contributed by atoms with Crippen molar-refractivity contribution >= 4 is 0 Å². The molecule has 20 heavy (non-hydrogen) atoms. The minimum absolute atomic E-state index is 0.201. The lowest BCUT2D eigenvalue weighted by molar-refractivity contribution is -0.805. The zero-order chi connectivity index (χ0) is 15.9. The summed E-state index contributed by atoms with van der Waals surface area (Å²) in [6.45, 7) is -1.39. The third-order valence-electron chi connectivity index (χ3n) is 2.26. The molecule has 0 rings (SSSR count). The Bertz CT molecular complexity index is 398. The smallest absolute Gasteiger partial charge is 0.314 e. The maximum Gasteiger partial charge on any atom is 0.478 e. The Morgan fingerprint density at radius 2 is 1.55 bits per heavy atom. The second-order valence-electron chi connectivity index (χ2n) is 3.77. The summed E-state index contributed by atoms with van der Waals surface area (Å²) in [7, 11) is 0. The van der Waals surface area contributed by atoms with Gasteiger partial charge in [0.05, 0.1) is 20.1 Å². The van der Waals surface area contributed by atoms with Crippen LogP contribution in [0.15, 0.2) is 0 Å². The molecule has 0 aliphatic carbocycles. The number of nitrogens with zero attached hydrogens (tertiary/aromatic N) is 5. The summed E-state index contributed by atoms with van der Waals surface area (Å²) < 4.78 is 0. The first kappa shape index (κ1) is 17.2. The molecule has 14 nitrogen and oxygen atoms in total. The molecule has 0 amide bonds. The summed E-state index contributed by atoms with van der Waals surface area (Å²) in [5, 5.41) is 39.9. The average molecular weight is 297 g/mol. The first-order valence-corrected chi connectivity index (χ1v) is 5.07. The van der Waals surface area contributed by atoms with Gasteiger partial charge in [-0.1, -0.05) is 0 Å². The van der Waals surface area contributed by atoms with Crippen molar-refractivity contribution in [2.24, 2.45) is 0 Å². The van der Waals surface area contributed by atoms with E-state index in [1.807, 2.05) is 0 Å². The predicted octanol–water partition coefficient (Wildman–Crippen LogP) is -0.652. The van der Waals surface area contributed by atoms with Crippen molar-refractivity contribution in [1.82, 2.24) is 5.01 Å². The van der Waals surface area contributed by atoms with E-state index < -0.39 is 45.3 Å². The Hall–Kier alpha value is -2.80. The fourth-order valence-electron chi connectivity index (χ4n) is 1.13. The quantitative estimate of drug-likeness (QED) is 0.217. The van der Waals surface area contributed by atoms with Gasteiger partial charge in [0.15, 0.2) is 5.03 Å². The van der Waals surface area contributed by atoms with Crippen molar-refractivity contribution in [2.75, 3.05) is 19.7 Å². The number of nitro groups is 3. The molecule has 0 N–H and O–H groups in total. The summed E-state index contributed by atoms with van der Waals surface area (Å²) in [5.41, 5.74) is -2.75. The van der Waals surface area contributed by atoms with Crippen LogP contribution in [0.5, 0.6) is 0 Å². The van der Waals surface area contributed by atoms with Crippen LogP contribution in [-0.4, -0.2) is 50.3 Å². The maximum atomic E-state index is 10.7. The minimum Gasteiger partial charge on any atom is -0.314 e. The van der Waals surface area contributed by atoms with Crippen LogP contribution in [0, 0.1) is 40.5 Å². The summed E-state index contributed by atoms with van der Waals surface area (Å²) in [6.07, 6.45) is -0.201. The lowest BCUT2D eigenvalue weighted by atomic mass is 10.2. The topological polar surface area (TPSA) is 185 Å². The van der Waals surface area contributed by atoms with Crippen LogP contribution in [0.25, 0.3) is 0 Å². The van der Waals surface area contributed by atoms with E-state index in [1.54, 1.807) is 0 Å². The molecule has 0 spiro atoms. The van der Waals surface area contributed by atoms with Crippen molar-refractivity contribution in [3.63, 3.8) is 0 Å². The van der Waals surface area contributed by atoms with Crippen LogP contribution in [0.2, 0.25) is 0 Å². The predicted molar refractivity (Wildman–Crippen MR) is 58.5 cm³/mol. The van der Waals surface area contributed by atoms with Crippen molar-refractivity contribution in [1.29, 1.82) is 0 Å². The molecule has 0 aliphatic rings. The monoisotopic (exact) mass is 297 g/mol. The molecule has 0 aromatic rings. The molecule has 0 saturated carbocycles. The molecule has 14 heteroatoms. The van der Waals surface area contributed by atoms with E-state index in [1.165, 1.54) is 0 Å². The van der Waals surface area contributed by atoms with Crippen molar-refractivity contribution in [2.45, 2.75) is 19.0 Å². The molecule has 0 fully saturated rings. The molecule has 0 aromatic carbocycles. The highest BCUT2D eigenvalue weighted by atomic mass is 16.9. The molecular weight excluding hydrogens is 286 g/mol. The Kier molecular flexibility index (Phi) is 5.98. The van der Waals surface area contributed by atoms with E-state index in [-0.39, 0.29) is 11.4 Å². The van der Waals surface area contributed by atoms with Crippen LogP contribution in [0.4, 0.5) is 0 Å². The van der Waals surface area contributed by atoms with Crippen molar-refractivity contribution in [3.8, 4) is 0 Å². The Balaban J connectivity index is 4.68.